The number of aromatic nitrogens is 5. The van der Waals surface area contributed by atoms with Gasteiger partial charge in [-0.1, -0.05) is 13.8 Å². The highest BCUT2D eigenvalue weighted by Gasteiger charge is 2.24. The molecular formula is C14H22N6O. The van der Waals surface area contributed by atoms with Crippen molar-refractivity contribution in [3.63, 3.8) is 0 Å². The molecule has 0 unspecified atom stereocenters. The van der Waals surface area contributed by atoms with Gasteiger partial charge in [-0.3, -0.25) is 14.6 Å². The van der Waals surface area contributed by atoms with E-state index in [0.29, 0.717) is 18.1 Å². The van der Waals surface area contributed by atoms with Gasteiger partial charge < -0.3 is 5.32 Å². The second kappa shape index (κ2) is 6.07. The Balaban J connectivity index is 2.22. The van der Waals surface area contributed by atoms with E-state index in [1.807, 2.05) is 34.6 Å². The van der Waals surface area contributed by atoms with Gasteiger partial charge in [0.25, 0.3) is 5.91 Å². The van der Waals surface area contributed by atoms with Crippen molar-refractivity contribution in [2.45, 2.75) is 47.2 Å². The van der Waals surface area contributed by atoms with Crippen LogP contribution in [-0.2, 0) is 6.54 Å². The van der Waals surface area contributed by atoms with Crippen molar-refractivity contribution < 1.29 is 4.79 Å². The first-order chi connectivity index (χ1) is 9.92. The van der Waals surface area contributed by atoms with Crippen LogP contribution in [-0.4, -0.2) is 30.9 Å². The van der Waals surface area contributed by atoms with Gasteiger partial charge in [0.2, 0.25) is 0 Å². The molecule has 0 saturated carbocycles. The van der Waals surface area contributed by atoms with Crippen LogP contribution >= 0.6 is 0 Å². The zero-order chi connectivity index (χ0) is 15.6. The Morgan fingerprint density at radius 1 is 1.43 bits per heavy atom. The van der Waals surface area contributed by atoms with E-state index in [0.717, 1.165) is 11.5 Å². The number of carbonyl (C=O) groups is 1. The molecule has 114 valence electrons. The van der Waals surface area contributed by atoms with Crippen LogP contribution in [0.4, 0.5) is 0 Å². The summed E-state index contributed by atoms with van der Waals surface area (Å²) in [5, 5.41) is 14.3. The zero-order valence-corrected chi connectivity index (χ0v) is 13.1. The first-order valence-electron chi connectivity index (χ1n) is 7.16. The number of hydrogen-bond donors (Lipinski definition) is 2. The normalized spacial score (nSPS) is 12.7. The van der Waals surface area contributed by atoms with Crippen LogP contribution in [0.3, 0.4) is 0 Å². The highest BCUT2D eigenvalue weighted by atomic mass is 16.2. The molecule has 0 aliphatic heterocycles. The third-order valence-corrected chi connectivity index (χ3v) is 3.28. The van der Waals surface area contributed by atoms with E-state index in [4.69, 9.17) is 0 Å². The topological polar surface area (TPSA) is 88.5 Å². The fourth-order valence-electron chi connectivity index (χ4n) is 2.21. The molecule has 2 N–H and O–H groups in total. The highest BCUT2D eigenvalue weighted by molar-refractivity contribution is 5.92. The number of nitrogens with zero attached hydrogens (tertiary/aromatic N) is 4. The van der Waals surface area contributed by atoms with E-state index >= 15 is 0 Å². The molecule has 2 aromatic heterocycles. The predicted octanol–water partition coefficient (Wildman–Crippen LogP) is 1.77. The van der Waals surface area contributed by atoms with Crippen LogP contribution in [0.2, 0.25) is 0 Å². The molecule has 2 aromatic rings. The molecule has 0 saturated heterocycles. The highest BCUT2D eigenvalue weighted by Crippen LogP contribution is 2.19. The molecule has 0 spiro atoms. The fraction of sp³-hybridized carbons (Fsp3) is 0.571. The molecule has 1 atom stereocenters. The van der Waals surface area contributed by atoms with Gasteiger partial charge in [0.15, 0.2) is 5.82 Å². The molecule has 2 heterocycles. The minimum absolute atomic E-state index is 0.154. The number of rotatable bonds is 5. The van der Waals surface area contributed by atoms with Crippen LogP contribution < -0.4 is 5.32 Å². The van der Waals surface area contributed by atoms with Gasteiger partial charge in [-0.15, -0.1) is 0 Å². The molecule has 0 bridgehead atoms. The molecule has 0 radical (unpaired) electrons. The molecule has 0 aliphatic carbocycles. The maximum Gasteiger partial charge on any atom is 0.270 e. The second-order valence-corrected chi connectivity index (χ2v) is 5.46. The monoisotopic (exact) mass is 290 g/mol. The number of carbonyl (C=O) groups excluding carboxylic acids is 1. The van der Waals surface area contributed by atoms with Gasteiger partial charge in [-0.25, -0.2) is 4.98 Å². The molecule has 0 aromatic carbocycles. The van der Waals surface area contributed by atoms with Crippen molar-refractivity contribution in [2.75, 3.05) is 0 Å². The molecule has 0 aliphatic rings. The lowest BCUT2D eigenvalue weighted by molar-refractivity contribution is 0.0912. The van der Waals surface area contributed by atoms with E-state index in [-0.39, 0.29) is 17.9 Å². The van der Waals surface area contributed by atoms with Gasteiger partial charge in [0.1, 0.15) is 11.5 Å². The van der Waals surface area contributed by atoms with E-state index < -0.39 is 0 Å². The van der Waals surface area contributed by atoms with Crippen molar-refractivity contribution >= 4 is 5.91 Å². The van der Waals surface area contributed by atoms with Gasteiger partial charge in [0, 0.05) is 6.54 Å². The molecular weight excluding hydrogens is 268 g/mol. The zero-order valence-electron chi connectivity index (χ0n) is 13.1. The largest absolute Gasteiger partial charge is 0.340 e. The van der Waals surface area contributed by atoms with Gasteiger partial charge in [-0.05, 0) is 32.8 Å². The third-order valence-electron chi connectivity index (χ3n) is 3.28. The summed E-state index contributed by atoms with van der Waals surface area (Å²) >= 11 is 0. The minimum Gasteiger partial charge on any atom is -0.340 e. The van der Waals surface area contributed by atoms with E-state index in [1.54, 1.807) is 10.7 Å². The smallest absolute Gasteiger partial charge is 0.270 e. The molecule has 2 rings (SSSR count). The summed E-state index contributed by atoms with van der Waals surface area (Å²) in [5.41, 5.74) is 1.39. The van der Waals surface area contributed by atoms with Crippen LogP contribution in [0.25, 0.3) is 0 Å². The summed E-state index contributed by atoms with van der Waals surface area (Å²) in [6.07, 6.45) is 0. The Hall–Kier alpha value is -2.18. The maximum absolute atomic E-state index is 12.5. The molecule has 7 nitrogen and oxygen atoms in total. The van der Waals surface area contributed by atoms with Gasteiger partial charge in [-0.2, -0.15) is 10.2 Å². The lowest BCUT2D eigenvalue weighted by atomic mass is 10.0. The quantitative estimate of drug-likeness (QED) is 0.878. The van der Waals surface area contributed by atoms with Crippen LogP contribution in [0, 0.1) is 19.8 Å². The second-order valence-electron chi connectivity index (χ2n) is 5.46. The van der Waals surface area contributed by atoms with Crippen molar-refractivity contribution in [1.29, 1.82) is 0 Å². The maximum atomic E-state index is 12.5. The van der Waals surface area contributed by atoms with Crippen molar-refractivity contribution in [3.8, 4) is 0 Å². The summed E-state index contributed by atoms with van der Waals surface area (Å²) in [6.45, 7) is 10.4. The average Bonchev–Trinajstić information content (AvgIpc) is 3.01. The average molecular weight is 290 g/mol. The molecule has 7 heteroatoms. The summed E-state index contributed by atoms with van der Waals surface area (Å²) in [6, 6.07) is 1.56. The Kier molecular flexibility index (Phi) is 4.40. The van der Waals surface area contributed by atoms with Crippen LogP contribution in [0.5, 0.6) is 0 Å². The summed E-state index contributed by atoms with van der Waals surface area (Å²) in [4.78, 5) is 16.8. The molecule has 1 amide bonds. The standard InChI is InChI=1S/C14H22N6O/c1-6-20-11(7-9(4)19-20)14(21)16-12(8(2)3)13-15-10(5)17-18-13/h7-8,12H,6H2,1-5H3,(H,16,21)(H,15,17,18)/t12-/m0/s1. The number of H-pyrrole nitrogens is 1. The Morgan fingerprint density at radius 2 is 2.14 bits per heavy atom. The van der Waals surface area contributed by atoms with Crippen molar-refractivity contribution in [1.82, 2.24) is 30.3 Å². The van der Waals surface area contributed by atoms with Crippen molar-refractivity contribution in [3.05, 3.63) is 29.1 Å². The fourth-order valence-corrected chi connectivity index (χ4v) is 2.21. The van der Waals surface area contributed by atoms with E-state index in [2.05, 4.69) is 25.6 Å². The van der Waals surface area contributed by atoms with Crippen LogP contribution in [0.1, 0.15) is 54.6 Å². The molecule has 0 fully saturated rings. The Morgan fingerprint density at radius 3 is 2.67 bits per heavy atom. The number of amides is 1. The number of aryl methyl sites for hydroxylation is 3. The lowest BCUT2D eigenvalue weighted by Gasteiger charge is -2.19. The first-order valence-corrected chi connectivity index (χ1v) is 7.16. The summed E-state index contributed by atoms with van der Waals surface area (Å²) < 4.78 is 1.70. The van der Waals surface area contributed by atoms with E-state index in [9.17, 15) is 4.79 Å². The van der Waals surface area contributed by atoms with E-state index in [1.165, 1.54) is 0 Å². The predicted molar refractivity (Wildman–Crippen MR) is 78.8 cm³/mol. The Labute approximate surface area is 124 Å². The molecule has 21 heavy (non-hydrogen) atoms. The Bertz CT molecular complexity index is 627. The summed E-state index contributed by atoms with van der Waals surface area (Å²) in [7, 11) is 0. The number of nitrogens with one attached hydrogen (secondary N) is 2. The number of hydrogen-bond acceptors (Lipinski definition) is 4. The first kappa shape index (κ1) is 15.2. The third kappa shape index (κ3) is 3.29. The van der Waals surface area contributed by atoms with Gasteiger partial charge in [0.05, 0.1) is 11.7 Å². The van der Waals surface area contributed by atoms with Crippen molar-refractivity contribution in [2.24, 2.45) is 5.92 Å². The van der Waals surface area contributed by atoms with Gasteiger partial charge >= 0.3 is 0 Å². The minimum atomic E-state index is -0.233. The summed E-state index contributed by atoms with van der Waals surface area (Å²) in [5.74, 6) is 1.37. The SMILES string of the molecule is CCn1nc(C)cc1C(=O)N[C@H](c1n[nH]c(C)n1)C(C)C. The lowest BCUT2D eigenvalue weighted by Crippen LogP contribution is -2.33. The van der Waals surface area contributed by atoms with Crippen LogP contribution in [0.15, 0.2) is 6.07 Å². The number of aromatic amines is 1.